The molecule has 1 aliphatic rings. The molecule has 1 aromatic rings. The van der Waals surface area contributed by atoms with Gasteiger partial charge in [-0.2, -0.15) is 0 Å². The van der Waals surface area contributed by atoms with Crippen LogP contribution in [0, 0.1) is 13.8 Å². The smallest absolute Gasteiger partial charge is 0.321 e. The van der Waals surface area contributed by atoms with Crippen molar-refractivity contribution in [3.63, 3.8) is 0 Å². The van der Waals surface area contributed by atoms with Gasteiger partial charge in [0, 0.05) is 31.9 Å². The third-order valence-electron chi connectivity index (χ3n) is 2.88. The zero-order valence-electron chi connectivity index (χ0n) is 10.4. The summed E-state index contributed by atoms with van der Waals surface area (Å²) in [6, 6.07) is 6.08. The Balaban J connectivity index is 2.01. The molecule has 1 aromatic carbocycles. The summed E-state index contributed by atoms with van der Waals surface area (Å²) < 4.78 is 0. The van der Waals surface area contributed by atoms with Crippen molar-refractivity contribution in [1.29, 1.82) is 0 Å². The fraction of sp³-hybridized carbons (Fsp3) is 0.462. The van der Waals surface area contributed by atoms with E-state index in [-0.39, 0.29) is 6.03 Å². The number of piperazine rings is 1. The Morgan fingerprint density at radius 2 is 1.76 bits per heavy atom. The Morgan fingerprint density at radius 3 is 2.35 bits per heavy atom. The van der Waals surface area contributed by atoms with Gasteiger partial charge in [-0.3, -0.25) is 0 Å². The maximum Gasteiger partial charge on any atom is 0.321 e. The summed E-state index contributed by atoms with van der Waals surface area (Å²) >= 11 is 0. The van der Waals surface area contributed by atoms with Crippen LogP contribution in [0.5, 0.6) is 0 Å². The molecule has 0 bridgehead atoms. The second-order valence-electron chi connectivity index (χ2n) is 4.54. The lowest BCUT2D eigenvalue weighted by Gasteiger charge is -2.27. The first kappa shape index (κ1) is 11.9. The molecule has 1 heterocycles. The molecule has 0 aliphatic carbocycles. The minimum Gasteiger partial charge on any atom is -0.322 e. The van der Waals surface area contributed by atoms with Gasteiger partial charge < -0.3 is 15.5 Å². The first-order valence-electron chi connectivity index (χ1n) is 6.00. The fourth-order valence-electron chi connectivity index (χ4n) is 2.12. The number of anilines is 1. The van der Waals surface area contributed by atoms with Crippen molar-refractivity contribution in [2.24, 2.45) is 0 Å². The first-order chi connectivity index (χ1) is 8.15. The Labute approximate surface area is 102 Å². The first-order valence-corrected chi connectivity index (χ1v) is 6.00. The average molecular weight is 233 g/mol. The molecule has 1 saturated heterocycles. The highest BCUT2D eigenvalue weighted by atomic mass is 16.2. The second-order valence-corrected chi connectivity index (χ2v) is 4.54. The van der Waals surface area contributed by atoms with E-state index < -0.39 is 0 Å². The van der Waals surface area contributed by atoms with Gasteiger partial charge in [0.05, 0.1) is 0 Å². The molecule has 2 amide bonds. The van der Waals surface area contributed by atoms with E-state index in [2.05, 4.69) is 16.7 Å². The van der Waals surface area contributed by atoms with Crippen LogP contribution >= 0.6 is 0 Å². The van der Waals surface area contributed by atoms with Crippen LogP contribution in [0.1, 0.15) is 11.1 Å². The minimum absolute atomic E-state index is 0.00324. The molecule has 1 fully saturated rings. The molecule has 92 valence electrons. The van der Waals surface area contributed by atoms with Crippen molar-refractivity contribution in [2.45, 2.75) is 13.8 Å². The highest BCUT2D eigenvalue weighted by Gasteiger charge is 2.15. The molecule has 4 heteroatoms. The van der Waals surface area contributed by atoms with Crippen LogP contribution in [0.4, 0.5) is 10.5 Å². The van der Waals surface area contributed by atoms with Crippen LogP contribution in [-0.4, -0.2) is 37.1 Å². The van der Waals surface area contributed by atoms with E-state index in [0.717, 1.165) is 31.9 Å². The quantitative estimate of drug-likeness (QED) is 0.776. The summed E-state index contributed by atoms with van der Waals surface area (Å²) in [5.41, 5.74) is 3.22. The molecule has 0 saturated carbocycles. The topological polar surface area (TPSA) is 44.4 Å². The van der Waals surface area contributed by atoms with Gasteiger partial charge in [-0.05, 0) is 37.1 Å². The van der Waals surface area contributed by atoms with Crippen molar-refractivity contribution in [3.8, 4) is 0 Å². The summed E-state index contributed by atoms with van der Waals surface area (Å²) in [7, 11) is 0. The van der Waals surface area contributed by atoms with Gasteiger partial charge in [-0.25, -0.2) is 4.79 Å². The zero-order chi connectivity index (χ0) is 12.3. The van der Waals surface area contributed by atoms with Crippen LogP contribution in [-0.2, 0) is 0 Å². The molecule has 2 N–H and O–H groups in total. The van der Waals surface area contributed by atoms with E-state index in [1.54, 1.807) is 0 Å². The summed E-state index contributed by atoms with van der Waals surface area (Å²) in [4.78, 5) is 13.8. The predicted octanol–water partition coefficient (Wildman–Crippen LogP) is 1.74. The number of rotatable bonds is 1. The van der Waals surface area contributed by atoms with Gasteiger partial charge in [-0.1, -0.05) is 6.07 Å². The standard InChI is InChI=1S/C13H19N3O/c1-10-7-11(2)9-12(8-10)15-13(17)16-5-3-14-4-6-16/h7-9,14H,3-6H2,1-2H3,(H,15,17). The largest absolute Gasteiger partial charge is 0.322 e. The van der Waals surface area contributed by atoms with Gasteiger partial charge in [0.1, 0.15) is 0 Å². The number of urea groups is 1. The zero-order valence-corrected chi connectivity index (χ0v) is 10.4. The molecule has 0 radical (unpaired) electrons. The van der Waals surface area contributed by atoms with Crippen LogP contribution in [0.2, 0.25) is 0 Å². The highest BCUT2D eigenvalue weighted by Crippen LogP contribution is 2.14. The van der Waals surface area contributed by atoms with Gasteiger partial charge in [0.2, 0.25) is 0 Å². The monoisotopic (exact) mass is 233 g/mol. The molecule has 1 aliphatic heterocycles. The van der Waals surface area contributed by atoms with Crippen LogP contribution in [0.15, 0.2) is 18.2 Å². The lowest BCUT2D eigenvalue weighted by molar-refractivity contribution is 0.204. The third-order valence-corrected chi connectivity index (χ3v) is 2.88. The number of hydrogen-bond acceptors (Lipinski definition) is 2. The van der Waals surface area contributed by atoms with E-state index in [1.165, 1.54) is 11.1 Å². The highest BCUT2D eigenvalue weighted by molar-refractivity contribution is 5.89. The summed E-state index contributed by atoms with van der Waals surface area (Å²) in [6.45, 7) is 7.37. The number of benzene rings is 1. The molecule has 17 heavy (non-hydrogen) atoms. The normalized spacial score (nSPS) is 15.8. The Morgan fingerprint density at radius 1 is 1.18 bits per heavy atom. The average Bonchev–Trinajstić information content (AvgIpc) is 2.28. The van der Waals surface area contributed by atoms with Crippen molar-refractivity contribution < 1.29 is 4.79 Å². The van der Waals surface area contributed by atoms with Crippen LogP contribution in [0.25, 0.3) is 0 Å². The number of nitrogens with one attached hydrogen (secondary N) is 2. The van der Waals surface area contributed by atoms with Crippen molar-refractivity contribution >= 4 is 11.7 Å². The van der Waals surface area contributed by atoms with E-state index in [9.17, 15) is 4.79 Å². The molecule has 2 rings (SSSR count). The molecule has 0 unspecified atom stereocenters. The summed E-state index contributed by atoms with van der Waals surface area (Å²) in [6.07, 6.45) is 0. The SMILES string of the molecule is Cc1cc(C)cc(NC(=O)N2CCNCC2)c1. The number of aryl methyl sites for hydroxylation is 2. The van der Waals surface area contributed by atoms with E-state index in [0.29, 0.717) is 0 Å². The van der Waals surface area contributed by atoms with Crippen molar-refractivity contribution in [1.82, 2.24) is 10.2 Å². The summed E-state index contributed by atoms with van der Waals surface area (Å²) in [5, 5.41) is 6.18. The fourth-order valence-corrected chi connectivity index (χ4v) is 2.12. The van der Waals surface area contributed by atoms with Crippen LogP contribution in [0.3, 0.4) is 0 Å². The van der Waals surface area contributed by atoms with E-state index >= 15 is 0 Å². The number of amides is 2. The number of carbonyl (C=O) groups excluding carboxylic acids is 1. The van der Waals surface area contributed by atoms with Gasteiger partial charge in [-0.15, -0.1) is 0 Å². The molecular formula is C13H19N3O. The second kappa shape index (κ2) is 5.19. The Kier molecular flexibility index (Phi) is 3.64. The summed E-state index contributed by atoms with van der Waals surface area (Å²) in [5.74, 6) is 0. The van der Waals surface area contributed by atoms with Gasteiger partial charge in [0.25, 0.3) is 0 Å². The van der Waals surface area contributed by atoms with Crippen molar-refractivity contribution in [2.75, 3.05) is 31.5 Å². The van der Waals surface area contributed by atoms with Gasteiger partial charge >= 0.3 is 6.03 Å². The van der Waals surface area contributed by atoms with Gasteiger partial charge in [0.15, 0.2) is 0 Å². The minimum atomic E-state index is -0.00324. The lowest BCUT2D eigenvalue weighted by Crippen LogP contribution is -2.48. The number of carbonyl (C=O) groups is 1. The van der Waals surface area contributed by atoms with Crippen molar-refractivity contribution in [3.05, 3.63) is 29.3 Å². The molecule has 0 spiro atoms. The number of nitrogens with zero attached hydrogens (tertiary/aromatic N) is 1. The van der Waals surface area contributed by atoms with E-state index in [1.807, 2.05) is 30.9 Å². The Bertz CT molecular complexity index is 391. The predicted molar refractivity (Wildman–Crippen MR) is 69.4 cm³/mol. The molecular weight excluding hydrogens is 214 g/mol. The number of hydrogen-bond donors (Lipinski definition) is 2. The maximum atomic E-state index is 12.0. The molecule has 0 aromatic heterocycles. The Hall–Kier alpha value is -1.55. The third kappa shape index (κ3) is 3.20. The molecule has 0 atom stereocenters. The van der Waals surface area contributed by atoms with Crippen LogP contribution < -0.4 is 10.6 Å². The maximum absolute atomic E-state index is 12.0. The molecule has 4 nitrogen and oxygen atoms in total. The lowest BCUT2D eigenvalue weighted by atomic mass is 10.1. The van der Waals surface area contributed by atoms with E-state index in [4.69, 9.17) is 0 Å².